The van der Waals surface area contributed by atoms with Gasteiger partial charge in [0, 0.05) is 18.6 Å². The number of carbonyl (C=O) groups excluding carboxylic acids is 1. The van der Waals surface area contributed by atoms with Gasteiger partial charge in [0.05, 0.1) is 0 Å². The van der Waals surface area contributed by atoms with Crippen molar-refractivity contribution in [2.24, 2.45) is 5.92 Å². The number of hydrogen-bond acceptors (Lipinski definition) is 3. The zero-order valence-corrected chi connectivity index (χ0v) is 12.8. The van der Waals surface area contributed by atoms with E-state index in [4.69, 9.17) is 5.11 Å². The second kappa shape index (κ2) is 7.47. The number of hydrogen-bond donors (Lipinski definition) is 3. The second-order valence-corrected chi connectivity index (χ2v) is 5.80. The van der Waals surface area contributed by atoms with Crippen LogP contribution in [0.1, 0.15) is 40.0 Å². The molecule has 0 bridgehead atoms. The molecule has 1 aliphatic rings. The predicted molar refractivity (Wildman–Crippen MR) is 77.7 cm³/mol. The van der Waals surface area contributed by atoms with E-state index in [-0.39, 0.29) is 12.0 Å². The van der Waals surface area contributed by atoms with Crippen LogP contribution in [0.5, 0.6) is 0 Å². The van der Waals surface area contributed by atoms with Gasteiger partial charge >= 0.3 is 12.0 Å². The maximum atomic E-state index is 11.8. The molecule has 1 fully saturated rings. The first-order chi connectivity index (χ1) is 9.36. The molecule has 0 aromatic carbocycles. The molecule has 0 heterocycles. The Labute approximate surface area is 120 Å². The van der Waals surface area contributed by atoms with E-state index in [0.717, 1.165) is 0 Å². The standard InChI is InChI=1S/C14H27N3O3/c1-5-9(2)12(13(18)19)16-14(20)15-8-10(3)17(4)11-6-7-11/h9-12H,5-8H2,1-4H3,(H,18,19)(H2,15,16,20)/t9?,10?,12-/m0/s1. The first-order valence-corrected chi connectivity index (χ1v) is 7.35. The Morgan fingerprint density at radius 1 is 1.35 bits per heavy atom. The summed E-state index contributed by atoms with van der Waals surface area (Å²) < 4.78 is 0. The molecule has 0 saturated heterocycles. The third-order valence-corrected chi connectivity index (χ3v) is 4.14. The SMILES string of the molecule is CCC(C)[C@H](NC(=O)NCC(C)N(C)C1CC1)C(=O)O. The molecule has 0 radical (unpaired) electrons. The Kier molecular flexibility index (Phi) is 6.26. The van der Waals surface area contributed by atoms with E-state index in [9.17, 15) is 9.59 Å². The van der Waals surface area contributed by atoms with Gasteiger partial charge in [0.1, 0.15) is 6.04 Å². The summed E-state index contributed by atoms with van der Waals surface area (Å²) in [5, 5.41) is 14.4. The van der Waals surface area contributed by atoms with E-state index in [2.05, 4.69) is 29.5 Å². The van der Waals surface area contributed by atoms with Crippen molar-refractivity contribution >= 4 is 12.0 Å². The Hall–Kier alpha value is -1.30. The van der Waals surface area contributed by atoms with Gasteiger partial charge in [-0.2, -0.15) is 0 Å². The van der Waals surface area contributed by atoms with Crippen molar-refractivity contribution in [3.8, 4) is 0 Å². The smallest absolute Gasteiger partial charge is 0.326 e. The quantitative estimate of drug-likeness (QED) is 0.627. The largest absolute Gasteiger partial charge is 0.480 e. The van der Waals surface area contributed by atoms with Crippen molar-refractivity contribution in [3.63, 3.8) is 0 Å². The summed E-state index contributed by atoms with van der Waals surface area (Å²) in [6, 6.07) is -0.355. The molecule has 20 heavy (non-hydrogen) atoms. The molecule has 1 aliphatic carbocycles. The zero-order chi connectivity index (χ0) is 15.3. The van der Waals surface area contributed by atoms with Gasteiger partial charge in [-0.1, -0.05) is 20.3 Å². The highest BCUT2D eigenvalue weighted by molar-refractivity contribution is 5.82. The fourth-order valence-electron chi connectivity index (χ4n) is 2.10. The molecule has 116 valence electrons. The second-order valence-electron chi connectivity index (χ2n) is 5.80. The summed E-state index contributed by atoms with van der Waals surface area (Å²) in [4.78, 5) is 25.2. The van der Waals surface area contributed by atoms with E-state index < -0.39 is 18.0 Å². The Morgan fingerprint density at radius 3 is 2.40 bits per heavy atom. The molecule has 0 spiro atoms. The van der Waals surface area contributed by atoms with Gasteiger partial charge in [-0.15, -0.1) is 0 Å². The molecule has 0 aliphatic heterocycles. The number of nitrogens with one attached hydrogen (secondary N) is 2. The van der Waals surface area contributed by atoms with Gasteiger partial charge in [-0.05, 0) is 32.7 Å². The third-order valence-electron chi connectivity index (χ3n) is 4.14. The van der Waals surface area contributed by atoms with Gasteiger partial charge in [-0.3, -0.25) is 4.90 Å². The summed E-state index contributed by atoms with van der Waals surface area (Å²) >= 11 is 0. The van der Waals surface area contributed by atoms with Crippen LogP contribution < -0.4 is 10.6 Å². The molecule has 0 aromatic rings. The lowest BCUT2D eigenvalue weighted by molar-refractivity contribution is -0.140. The topological polar surface area (TPSA) is 81.7 Å². The number of aliphatic carboxylic acids is 1. The van der Waals surface area contributed by atoms with Gasteiger partial charge < -0.3 is 15.7 Å². The van der Waals surface area contributed by atoms with Crippen molar-refractivity contribution < 1.29 is 14.7 Å². The monoisotopic (exact) mass is 285 g/mol. The van der Waals surface area contributed by atoms with Gasteiger partial charge in [-0.25, -0.2) is 9.59 Å². The van der Waals surface area contributed by atoms with Crippen LogP contribution >= 0.6 is 0 Å². The number of rotatable bonds is 8. The molecule has 0 aromatic heterocycles. The highest BCUT2D eigenvalue weighted by atomic mass is 16.4. The van der Waals surface area contributed by atoms with E-state index >= 15 is 0 Å². The summed E-state index contributed by atoms with van der Waals surface area (Å²) in [6.07, 6.45) is 3.16. The van der Waals surface area contributed by atoms with Crippen LogP contribution in [0.15, 0.2) is 0 Å². The summed E-state index contributed by atoms with van der Waals surface area (Å²) in [6.45, 7) is 6.31. The molecule has 3 atom stereocenters. The van der Waals surface area contributed by atoms with Crippen molar-refractivity contribution in [2.75, 3.05) is 13.6 Å². The van der Waals surface area contributed by atoms with Crippen molar-refractivity contribution in [1.29, 1.82) is 0 Å². The van der Waals surface area contributed by atoms with Crippen molar-refractivity contribution in [3.05, 3.63) is 0 Å². The van der Waals surface area contributed by atoms with Crippen LogP contribution in [0.2, 0.25) is 0 Å². The average Bonchev–Trinajstić information content (AvgIpc) is 3.24. The first-order valence-electron chi connectivity index (χ1n) is 7.35. The van der Waals surface area contributed by atoms with Crippen LogP contribution in [0.3, 0.4) is 0 Å². The lowest BCUT2D eigenvalue weighted by Gasteiger charge is -2.25. The Morgan fingerprint density at radius 2 is 1.95 bits per heavy atom. The minimum atomic E-state index is -0.988. The lowest BCUT2D eigenvalue weighted by atomic mass is 9.99. The molecule has 2 amide bonds. The minimum Gasteiger partial charge on any atom is -0.480 e. The number of likely N-dealkylation sites (N-methyl/N-ethyl adjacent to an activating group) is 1. The van der Waals surface area contributed by atoms with Crippen molar-refractivity contribution in [2.45, 2.75) is 58.2 Å². The fraction of sp³-hybridized carbons (Fsp3) is 0.857. The Bertz CT molecular complexity index is 345. The molecule has 1 rings (SSSR count). The summed E-state index contributed by atoms with van der Waals surface area (Å²) in [5.41, 5.74) is 0. The van der Waals surface area contributed by atoms with Crippen molar-refractivity contribution in [1.82, 2.24) is 15.5 Å². The molecular formula is C14H27N3O3. The molecular weight excluding hydrogens is 258 g/mol. The zero-order valence-electron chi connectivity index (χ0n) is 12.8. The van der Waals surface area contributed by atoms with Crippen LogP contribution in [-0.4, -0.2) is 53.7 Å². The summed E-state index contributed by atoms with van der Waals surface area (Å²) in [7, 11) is 2.06. The van der Waals surface area contributed by atoms with Crippen LogP contribution in [0.4, 0.5) is 4.79 Å². The maximum absolute atomic E-state index is 11.8. The molecule has 6 heteroatoms. The Balaban J connectivity index is 2.35. The average molecular weight is 285 g/mol. The number of carbonyl (C=O) groups is 2. The lowest BCUT2D eigenvalue weighted by Crippen LogP contribution is -2.51. The van der Waals surface area contributed by atoms with E-state index in [1.807, 2.05) is 13.8 Å². The van der Waals surface area contributed by atoms with Crippen LogP contribution in [-0.2, 0) is 4.79 Å². The predicted octanol–water partition coefficient (Wildman–Crippen LogP) is 1.27. The van der Waals surface area contributed by atoms with E-state index in [1.165, 1.54) is 12.8 Å². The molecule has 2 unspecified atom stereocenters. The number of nitrogens with zero attached hydrogens (tertiary/aromatic N) is 1. The maximum Gasteiger partial charge on any atom is 0.326 e. The normalized spacial score (nSPS) is 19.2. The number of carboxylic acid groups (broad SMARTS) is 1. The molecule has 1 saturated carbocycles. The number of amides is 2. The first kappa shape index (κ1) is 16.8. The fourth-order valence-corrected chi connectivity index (χ4v) is 2.10. The number of carboxylic acids is 1. The number of urea groups is 1. The van der Waals surface area contributed by atoms with Gasteiger partial charge in [0.2, 0.25) is 0 Å². The molecule has 6 nitrogen and oxygen atoms in total. The molecule has 3 N–H and O–H groups in total. The van der Waals surface area contributed by atoms with E-state index in [1.54, 1.807) is 0 Å². The third kappa shape index (κ3) is 5.00. The van der Waals surface area contributed by atoms with E-state index in [0.29, 0.717) is 19.0 Å². The highest BCUT2D eigenvalue weighted by Crippen LogP contribution is 2.26. The van der Waals surface area contributed by atoms with Crippen LogP contribution in [0, 0.1) is 5.92 Å². The van der Waals surface area contributed by atoms with Gasteiger partial charge in [0.25, 0.3) is 0 Å². The van der Waals surface area contributed by atoms with Gasteiger partial charge in [0.15, 0.2) is 0 Å². The minimum absolute atomic E-state index is 0.0928. The highest BCUT2D eigenvalue weighted by Gasteiger charge is 2.29. The van der Waals surface area contributed by atoms with Crippen LogP contribution in [0.25, 0.3) is 0 Å². The summed E-state index contributed by atoms with van der Waals surface area (Å²) in [5.74, 6) is -1.08.